The predicted molar refractivity (Wildman–Crippen MR) is 83.0 cm³/mol. The summed E-state index contributed by atoms with van der Waals surface area (Å²) in [4.78, 5) is 11.7. The molecule has 1 aromatic carbocycles. The number of nitrogens with one attached hydrogen (secondary N) is 2. The zero-order valence-electron chi connectivity index (χ0n) is 12.2. The van der Waals surface area contributed by atoms with Crippen molar-refractivity contribution in [3.05, 3.63) is 42.2 Å². The Bertz CT molecular complexity index is 613. The van der Waals surface area contributed by atoms with Crippen LogP contribution in [0.4, 0.5) is 11.4 Å². The fraction of sp³-hybridized carbons (Fsp3) is 0.375. The second-order valence-electron chi connectivity index (χ2n) is 5.33. The topological polar surface area (TPSA) is 59.0 Å². The van der Waals surface area contributed by atoms with E-state index in [-0.39, 0.29) is 11.8 Å². The average Bonchev–Trinajstić information content (AvgIpc) is 3.26. The minimum Gasteiger partial charge on any atom is -0.379 e. The van der Waals surface area contributed by atoms with E-state index in [0.29, 0.717) is 0 Å². The van der Waals surface area contributed by atoms with Crippen LogP contribution < -0.4 is 10.6 Å². The second-order valence-corrected chi connectivity index (χ2v) is 5.33. The van der Waals surface area contributed by atoms with Gasteiger partial charge in [-0.3, -0.25) is 9.48 Å². The molecule has 2 N–H and O–H groups in total. The lowest BCUT2D eigenvalue weighted by atomic mass is 10.2. The van der Waals surface area contributed by atoms with Crippen molar-refractivity contribution in [3.8, 4) is 0 Å². The Morgan fingerprint density at radius 2 is 1.95 bits per heavy atom. The average molecular weight is 284 g/mol. The number of hydrogen-bond donors (Lipinski definition) is 2. The highest BCUT2D eigenvalue weighted by Gasteiger charge is 2.29. The number of aromatic nitrogens is 2. The summed E-state index contributed by atoms with van der Waals surface area (Å²) in [5.41, 5.74) is 3.04. The van der Waals surface area contributed by atoms with Crippen LogP contribution in [0.5, 0.6) is 0 Å². The maximum absolute atomic E-state index is 11.7. The molecule has 5 heteroatoms. The summed E-state index contributed by atoms with van der Waals surface area (Å²) in [6.45, 7) is 3.69. The van der Waals surface area contributed by atoms with Gasteiger partial charge in [0.1, 0.15) is 0 Å². The monoisotopic (exact) mass is 284 g/mol. The van der Waals surface area contributed by atoms with Gasteiger partial charge in [-0.1, -0.05) is 0 Å². The zero-order chi connectivity index (χ0) is 14.7. The van der Waals surface area contributed by atoms with E-state index in [1.165, 1.54) is 0 Å². The first-order chi connectivity index (χ1) is 10.3. The van der Waals surface area contributed by atoms with Gasteiger partial charge in [0.2, 0.25) is 5.91 Å². The number of carbonyl (C=O) groups excluding carboxylic acids is 1. The van der Waals surface area contributed by atoms with Crippen LogP contribution in [-0.4, -0.2) is 15.7 Å². The molecule has 1 aliphatic carbocycles. The van der Waals surface area contributed by atoms with Crippen molar-refractivity contribution in [3.63, 3.8) is 0 Å². The number of aryl methyl sites for hydroxylation is 1. The second kappa shape index (κ2) is 5.99. The molecule has 110 valence electrons. The molecule has 0 unspecified atom stereocenters. The fourth-order valence-electron chi connectivity index (χ4n) is 2.25. The summed E-state index contributed by atoms with van der Waals surface area (Å²) >= 11 is 0. The molecule has 0 atom stereocenters. The van der Waals surface area contributed by atoms with Crippen molar-refractivity contribution in [1.29, 1.82) is 0 Å². The lowest BCUT2D eigenvalue weighted by Crippen LogP contribution is -2.13. The van der Waals surface area contributed by atoms with Crippen molar-refractivity contribution in [2.45, 2.75) is 32.9 Å². The Balaban J connectivity index is 1.55. The van der Waals surface area contributed by atoms with Gasteiger partial charge in [-0.05, 0) is 50.1 Å². The molecule has 5 nitrogen and oxygen atoms in total. The lowest BCUT2D eigenvalue weighted by Gasteiger charge is -2.09. The third-order valence-electron chi connectivity index (χ3n) is 3.68. The van der Waals surface area contributed by atoms with Gasteiger partial charge in [0.25, 0.3) is 0 Å². The molecule has 0 saturated heterocycles. The van der Waals surface area contributed by atoms with E-state index in [1.807, 2.05) is 41.2 Å². The molecular formula is C16H20N4O. The van der Waals surface area contributed by atoms with Crippen LogP contribution in [0.15, 0.2) is 36.5 Å². The minimum absolute atomic E-state index is 0.141. The number of benzene rings is 1. The van der Waals surface area contributed by atoms with Gasteiger partial charge in [-0.25, -0.2) is 0 Å². The summed E-state index contributed by atoms with van der Waals surface area (Å²) in [6, 6.07) is 9.84. The van der Waals surface area contributed by atoms with Gasteiger partial charge in [-0.15, -0.1) is 0 Å². The third kappa shape index (κ3) is 3.42. The third-order valence-corrected chi connectivity index (χ3v) is 3.68. The van der Waals surface area contributed by atoms with Crippen LogP contribution in [0.25, 0.3) is 0 Å². The van der Waals surface area contributed by atoms with E-state index >= 15 is 0 Å². The summed E-state index contributed by atoms with van der Waals surface area (Å²) < 4.78 is 1.97. The van der Waals surface area contributed by atoms with Gasteiger partial charge in [0, 0.05) is 30.0 Å². The van der Waals surface area contributed by atoms with E-state index in [4.69, 9.17) is 0 Å². The van der Waals surface area contributed by atoms with Gasteiger partial charge in [0.05, 0.1) is 12.2 Å². The molecule has 1 saturated carbocycles. The first-order valence-corrected chi connectivity index (χ1v) is 7.41. The Hall–Kier alpha value is -2.30. The summed E-state index contributed by atoms with van der Waals surface area (Å²) in [7, 11) is 0. The fourth-order valence-corrected chi connectivity index (χ4v) is 2.25. The van der Waals surface area contributed by atoms with E-state index in [9.17, 15) is 4.79 Å². The van der Waals surface area contributed by atoms with E-state index in [1.54, 1.807) is 0 Å². The number of anilines is 2. The molecule has 1 aromatic heterocycles. The number of amides is 1. The molecule has 3 rings (SSSR count). The largest absolute Gasteiger partial charge is 0.379 e. The van der Waals surface area contributed by atoms with Crippen LogP contribution in [0.3, 0.4) is 0 Å². The van der Waals surface area contributed by atoms with Crippen molar-refractivity contribution >= 4 is 17.3 Å². The number of hydrogen-bond acceptors (Lipinski definition) is 3. The Morgan fingerprint density at radius 3 is 2.62 bits per heavy atom. The molecule has 0 bridgehead atoms. The van der Waals surface area contributed by atoms with Crippen LogP contribution >= 0.6 is 0 Å². The zero-order valence-corrected chi connectivity index (χ0v) is 12.2. The first kappa shape index (κ1) is 13.7. The van der Waals surface area contributed by atoms with E-state index in [2.05, 4.69) is 22.7 Å². The molecule has 21 heavy (non-hydrogen) atoms. The van der Waals surface area contributed by atoms with Crippen LogP contribution in [-0.2, 0) is 17.9 Å². The van der Waals surface area contributed by atoms with Crippen molar-refractivity contribution in [2.24, 2.45) is 5.92 Å². The van der Waals surface area contributed by atoms with E-state index < -0.39 is 0 Å². The molecule has 1 heterocycles. The molecule has 1 aliphatic rings. The molecule has 0 radical (unpaired) electrons. The van der Waals surface area contributed by atoms with Gasteiger partial charge < -0.3 is 10.6 Å². The van der Waals surface area contributed by atoms with Gasteiger partial charge in [0.15, 0.2) is 0 Å². The lowest BCUT2D eigenvalue weighted by molar-refractivity contribution is -0.117. The van der Waals surface area contributed by atoms with Crippen molar-refractivity contribution in [2.75, 3.05) is 10.6 Å². The summed E-state index contributed by atoms with van der Waals surface area (Å²) in [6.07, 6.45) is 3.87. The SMILES string of the molecule is CCn1nccc1CNc1ccc(NC(=O)C2CC2)cc1. The Labute approximate surface area is 124 Å². The van der Waals surface area contributed by atoms with Crippen LogP contribution in [0.1, 0.15) is 25.5 Å². The van der Waals surface area contributed by atoms with Crippen LogP contribution in [0, 0.1) is 5.92 Å². The van der Waals surface area contributed by atoms with Crippen molar-refractivity contribution in [1.82, 2.24) is 9.78 Å². The Morgan fingerprint density at radius 1 is 1.24 bits per heavy atom. The first-order valence-electron chi connectivity index (χ1n) is 7.41. The van der Waals surface area contributed by atoms with Gasteiger partial charge in [-0.2, -0.15) is 5.10 Å². The maximum atomic E-state index is 11.7. The summed E-state index contributed by atoms with van der Waals surface area (Å²) in [5.74, 6) is 0.375. The molecule has 1 fully saturated rings. The Kier molecular flexibility index (Phi) is 3.90. The maximum Gasteiger partial charge on any atom is 0.227 e. The standard InChI is InChI=1S/C16H20N4O/c1-2-20-15(9-10-18-20)11-17-13-5-7-14(8-6-13)19-16(21)12-3-4-12/h5-10,12,17H,2-4,11H2,1H3,(H,19,21). The number of rotatable bonds is 6. The minimum atomic E-state index is 0.141. The van der Waals surface area contributed by atoms with E-state index in [0.717, 1.165) is 43.0 Å². The highest BCUT2D eigenvalue weighted by molar-refractivity contribution is 5.94. The van der Waals surface area contributed by atoms with Crippen LogP contribution in [0.2, 0.25) is 0 Å². The summed E-state index contributed by atoms with van der Waals surface area (Å²) in [5, 5.41) is 10.5. The number of carbonyl (C=O) groups is 1. The highest BCUT2D eigenvalue weighted by Crippen LogP contribution is 2.30. The predicted octanol–water partition coefficient (Wildman–Crippen LogP) is 2.86. The molecule has 1 amide bonds. The molecule has 0 spiro atoms. The highest BCUT2D eigenvalue weighted by atomic mass is 16.2. The van der Waals surface area contributed by atoms with Gasteiger partial charge >= 0.3 is 0 Å². The normalized spacial score (nSPS) is 14.0. The smallest absolute Gasteiger partial charge is 0.227 e. The molecule has 2 aromatic rings. The molecule has 0 aliphatic heterocycles. The quantitative estimate of drug-likeness (QED) is 0.857. The molecular weight excluding hydrogens is 264 g/mol. The number of nitrogens with zero attached hydrogens (tertiary/aromatic N) is 2. The van der Waals surface area contributed by atoms with Crippen molar-refractivity contribution < 1.29 is 4.79 Å².